The molecule has 0 aromatic carbocycles. The van der Waals surface area contributed by atoms with Crippen molar-refractivity contribution in [3.05, 3.63) is 0 Å². The first-order chi connectivity index (χ1) is 26.4. The minimum absolute atomic E-state index is 0.764. The molecule has 5 fully saturated rings. The van der Waals surface area contributed by atoms with E-state index < -0.39 is 187 Å². The predicted octanol–water partition coefficient (Wildman–Crippen LogP) is -11.9. The summed E-state index contributed by atoms with van der Waals surface area (Å²) in [6, 6.07) is 0. The van der Waals surface area contributed by atoms with Crippen LogP contribution in [0.5, 0.6) is 0 Å². The Morgan fingerprint density at radius 1 is 0.357 bits per heavy atom. The third-order valence-corrected chi connectivity index (χ3v) is 10.7. The Kier molecular flexibility index (Phi) is 14.7. The fourth-order valence-electron chi connectivity index (χ4n) is 7.16. The monoisotopic (exact) mass is 828 g/mol. The molecule has 0 bridgehead atoms. The summed E-state index contributed by atoms with van der Waals surface area (Å²) in [6.45, 7) is -8.62. The lowest BCUT2D eigenvalue weighted by Gasteiger charge is -2.44. The summed E-state index contributed by atoms with van der Waals surface area (Å²) in [5.74, 6) is -9.81. The normalized spacial score (nSPS) is 52.3. The maximum atomic E-state index is 11.0. The molecule has 0 spiro atoms. The van der Waals surface area contributed by atoms with E-state index >= 15 is 0 Å². The first kappa shape index (κ1) is 46.0. The molecule has 5 saturated heterocycles. The molecule has 21 atom stereocenters. The van der Waals surface area contributed by atoms with Crippen LogP contribution in [0, 0.1) is 0 Å². The first-order valence-corrected chi connectivity index (χ1v) is 17.5. The highest BCUT2D eigenvalue weighted by Crippen LogP contribution is 2.40. The van der Waals surface area contributed by atoms with Gasteiger partial charge in [0.25, 0.3) is 0 Å². The summed E-state index contributed by atoms with van der Waals surface area (Å²) >= 11 is 0. The highest BCUT2D eigenvalue weighted by Gasteiger charge is 2.62. The van der Waals surface area contributed by atoms with E-state index in [0.717, 1.165) is 0 Å². The standard InChI is InChI=1S/C30H52O26/c31-1-10-16(38)22(44)27(6-33,52-10)48-3-12-15(37)20(42)21(43)26(51-12)56-30(9-36)25(47)19(41)14(55-30)5-50-29(8-35)24(46)18(40)13(54-29)4-49-28(7-34)23(45)17(39)11(2-32)53-28/h10-26,31-47H,1-9H2/t10-,11-,12-,13-,14-,15-,16-,17-,18-,19-,20+,21-,22+,23+,24+,25+,26-,27-,28-,29-,30+/m1/s1. The van der Waals surface area contributed by atoms with E-state index in [1.54, 1.807) is 0 Å². The first-order valence-electron chi connectivity index (χ1n) is 17.5. The zero-order valence-electron chi connectivity index (χ0n) is 29.5. The molecule has 328 valence electrons. The van der Waals surface area contributed by atoms with Crippen molar-refractivity contribution in [3.63, 3.8) is 0 Å². The maximum Gasteiger partial charge on any atom is 0.224 e. The van der Waals surface area contributed by atoms with Gasteiger partial charge >= 0.3 is 0 Å². The molecule has 0 saturated carbocycles. The Bertz CT molecular complexity index is 1270. The van der Waals surface area contributed by atoms with Gasteiger partial charge in [-0.1, -0.05) is 0 Å². The average Bonchev–Trinajstić information content (AvgIpc) is 3.80. The van der Waals surface area contributed by atoms with E-state index in [-0.39, 0.29) is 0 Å². The molecule has 26 nitrogen and oxygen atoms in total. The second-order valence-electron chi connectivity index (χ2n) is 14.2. The van der Waals surface area contributed by atoms with E-state index in [2.05, 4.69) is 0 Å². The summed E-state index contributed by atoms with van der Waals surface area (Å²) in [5.41, 5.74) is 0. The van der Waals surface area contributed by atoms with Crippen molar-refractivity contribution >= 4 is 0 Å². The van der Waals surface area contributed by atoms with E-state index in [9.17, 15) is 86.8 Å². The van der Waals surface area contributed by atoms with Crippen LogP contribution in [-0.4, -0.2) is 273 Å². The van der Waals surface area contributed by atoms with Crippen molar-refractivity contribution in [2.45, 2.75) is 127 Å². The molecule has 0 amide bonds. The molecule has 0 aromatic heterocycles. The Morgan fingerprint density at radius 3 is 1.04 bits per heavy atom. The number of hydrogen-bond donors (Lipinski definition) is 17. The van der Waals surface area contributed by atoms with Crippen LogP contribution in [0.1, 0.15) is 0 Å². The van der Waals surface area contributed by atoms with Gasteiger partial charge in [-0.25, -0.2) is 0 Å². The van der Waals surface area contributed by atoms with Crippen LogP contribution in [0.4, 0.5) is 0 Å². The van der Waals surface area contributed by atoms with E-state index in [1.807, 2.05) is 0 Å². The highest BCUT2D eigenvalue weighted by atomic mass is 16.8. The van der Waals surface area contributed by atoms with Crippen molar-refractivity contribution in [2.75, 3.05) is 59.5 Å². The molecule has 5 rings (SSSR count). The van der Waals surface area contributed by atoms with Gasteiger partial charge in [-0.15, -0.1) is 0 Å². The topological polar surface area (TPSA) is 427 Å². The van der Waals surface area contributed by atoms with E-state index in [1.165, 1.54) is 0 Å². The summed E-state index contributed by atoms with van der Waals surface area (Å²) in [5, 5.41) is 175. The van der Waals surface area contributed by atoms with Gasteiger partial charge in [-0.3, -0.25) is 0 Å². The number of hydrogen-bond acceptors (Lipinski definition) is 26. The largest absolute Gasteiger partial charge is 0.394 e. The average molecular weight is 829 g/mol. The van der Waals surface area contributed by atoms with E-state index in [4.69, 9.17) is 42.6 Å². The quantitative estimate of drug-likeness (QED) is 0.0647. The maximum absolute atomic E-state index is 11.0. The fourth-order valence-corrected chi connectivity index (χ4v) is 7.16. The molecule has 5 aliphatic rings. The molecule has 56 heavy (non-hydrogen) atoms. The van der Waals surface area contributed by atoms with Crippen molar-refractivity contribution in [1.29, 1.82) is 0 Å². The third kappa shape index (κ3) is 7.97. The number of rotatable bonds is 17. The van der Waals surface area contributed by atoms with Gasteiger partial charge in [0.1, 0.15) is 124 Å². The van der Waals surface area contributed by atoms with E-state index in [0.29, 0.717) is 0 Å². The molecule has 0 aromatic rings. The fraction of sp³-hybridized carbons (Fsp3) is 1.00. The van der Waals surface area contributed by atoms with Crippen LogP contribution in [0.2, 0.25) is 0 Å². The lowest BCUT2D eigenvalue weighted by atomic mass is 9.98. The Morgan fingerprint density at radius 2 is 0.679 bits per heavy atom. The minimum Gasteiger partial charge on any atom is -0.394 e. The molecule has 5 aliphatic heterocycles. The molecule has 17 N–H and O–H groups in total. The van der Waals surface area contributed by atoms with Crippen LogP contribution in [0.25, 0.3) is 0 Å². The summed E-state index contributed by atoms with van der Waals surface area (Å²) < 4.78 is 49.2. The van der Waals surface area contributed by atoms with Gasteiger partial charge in [0, 0.05) is 0 Å². The van der Waals surface area contributed by atoms with Crippen molar-refractivity contribution in [3.8, 4) is 0 Å². The van der Waals surface area contributed by atoms with Crippen molar-refractivity contribution in [2.24, 2.45) is 0 Å². The Labute approximate surface area is 316 Å². The minimum atomic E-state index is -2.68. The molecule has 26 heteroatoms. The lowest BCUT2D eigenvalue weighted by molar-refractivity contribution is -0.390. The highest BCUT2D eigenvalue weighted by molar-refractivity contribution is 5.03. The summed E-state index contributed by atoms with van der Waals surface area (Å²) in [4.78, 5) is 0. The van der Waals surface area contributed by atoms with Gasteiger partial charge in [0.2, 0.25) is 23.1 Å². The smallest absolute Gasteiger partial charge is 0.224 e. The molecular formula is C30H52O26. The molecular weight excluding hydrogens is 776 g/mol. The third-order valence-electron chi connectivity index (χ3n) is 10.7. The second kappa shape index (κ2) is 17.9. The van der Waals surface area contributed by atoms with Crippen molar-refractivity contribution < 1.29 is 129 Å². The summed E-state index contributed by atoms with van der Waals surface area (Å²) in [7, 11) is 0. The Hall–Kier alpha value is -1.04. The molecule has 0 aliphatic carbocycles. The summed E-state index contributed by atoms with van der Waals surface area (Å²) in [6.07, 6.45) is -31.3. The van der Waals surface area contributed by atoms with Gasteiger partial charge in [0.15, 0.2) is 6.29 Å². The SMILES string of the molecule is OC[C@H]1O[C@@](CO)(OC[C@H]2O[C@@](CO)(OC[C@H]3O[C@@](CO)(O[C@H]4O[C@H](CO[C@]5(CO)O[C@H](CO)[C@@H](O)[C@@H]5O)[C@@H](O)[C@H](O)[C@H]4O)[C@@H](O)[C@@H]3O)[C@@H](O)[C@@H]2O)[C@@H](O)[C@@H]1O. The van der Waals surface area contributed by atoms with Crippen molar-refractivity contribution in [1.82, 2.24) is 0 Å². The van der Waals surface area contributed by atoms with Gasteiger partial charge in [-0.05, 0) is 0 Å². The van der Waals surface area contributed by atoms with Crippen LogP contribution >= 0.6 is 0 Å². The van der Waals surface area contributed by atoms with Crippen LogP contribution < -0.4 is 0 Å². The number of aliphatic hydroxyl groups excluding tert-OH is 17. The van der Waals surface area contributed by atoms with Gasteiger partial charge < -0.3 is 129 Å². The molecule has 5 heterocycles. The number of ether oxygens (including phenoxy) is 9. The zero-order valence-corrected chi connectivity index (χ0v) is 29.5. The second-order valence-corrected chi connectivity index (χ2v) is 14.2. The zero-order chi connectivity index (χ0) is 41.5. The van der Waals surface area contributed by atoms with Crippen LogP contribution in [-0.2, 0) is 42.6 Å². The molecule has 0 radical (unpaired) electrons. The van der Waals surface area contributed by atoms with Crippen LogP contribution in [0.15, 0.2) is 0 Å². The number of aliphatic hydroxyl groups is 17. The molecule has 0 unspecified atom stereocenters. The lowest BCUT2D eigenvalue weighted by Crippen LogP contribution is -2.63. The van der Waals surface area contributed by atoms with Gasteiger partial charge in [0.05, 0.1) is 33.0 Å². The predicted molar refractivity (Wildman–Crippen MR) is 167 cm³/mol. The Balaban J connectivity index is 1.23. The van der Waals surface area contributed by atoms with Crippen LogP contribution in [0.3, 0.4) is 0 Å². The van der Waals surface area contributed by atoms with Gasteiger partial charge in [-0.2, -0.15) is 0 Å².